The standard InChI is InChI=1S/C22H18ClFN2O5S/c1-31-22(28)17-13-15(11-12-18(17)23)25-21(27)14-26(20-10-6-5-9-19(20)24)32(29,30)16-7-3-2-4-8-16/h2-13H,14H2,1H3,(H,25,27). The van der Waals surface area contributed by atoms with Crippen molar-refractivity contribution < 1.29 is 27.1 Å². The first-order valence-corrected chi connectivity index (χ1v) is 11.1. The van der Waals surface area contributed by atoms with Gasteiger partial charge in [0.25, 0.3) is 10.0 Å². The summed E-state index contributed by atoms with van der Waals surface area (Å²) in [4.78, 5) is 24.4. The van der Waals surface area contributed by atoms with Crippen LogP contribution in [0.5, 0.6) is 0 Å². The van der Waals surface area contributed by atoms with Crippen molar-refractivity contribution in [2.24, 2.45) is 0 Å². The van der Waals surface area contributed by atoms with Gasteiger partial charge in [0.1, 0.15) is 12.4 Å². The molecule has 1 amide bonds. The summed E-state index contributed by atoms with van der Waals surface area (Å²) >= 11 is 5.97. The first-order valence-electron chi connectivity index (χ1n) is 9.24. The first kappa shape index (κ1) is 23.2. The summed E-state index contributed by atoms with van der Waals surface area (Å²) in [6.45, 7) is -0.714. The predicted molar refractivity (Wildman–Crippen MR) is 119 cm³/mol. The molecule has 0 saturated heterocycles. The zero-order chi connectivity index (χ0) is 23.3. The van der Waals surface area contributed by atoms with Crippen LogP contribution in [0.3, 0.4) is 0 Å². The Labute approximate surface area is 189 Å². The Morgan fingerprint density at radius 2 is 1.69 bits per heavy atom. The van der Waals surface area contributed by atoms with Gasteiger partial charge >= 0.3 is 5.97 Å². The molecule has 0 radical (unpaired) electrons. The second-order valence-corrected chi connectivity index (χ2v) is 8.78. The maximum Gasteiger partial charge on any atom is 0.339 e. The van der Waals surface area contributed by atoms with Gasteiger partial charge in [-0.25, -0.2) is 17.6 Å². The van der Waals surface area contributed by atoms with Crippen molar-refractivity contribution in [2.45, 2.75) is 4.90 Å². The third-order valence-corrected chi connectivity index (χ3v) is 6.50. The first-order chi connectivity index (χ1) is 15.2. The predicted octanol–water partition coefficient (Wildman–Crippen LogP) is 4.10. The summed E-state index contributed by atoms with van der Waals surface area (Å²) in [6, 6.07) is 16.7. The summed E-state index contributed by atoms with van der Waals surface area (Å²) in [5.41, 5.74) is -0.0712. The van der Waals surface area contributed by atoms with E-state index in [-0.39, 0.29) is 26.9 Å². The third kappa shape index (κ3) is 5.06. The number of para-hydroxylation sites is 1. The van der Waals surface area contributed by atoms with Gasteiger partial charge in [0.15, 0.2) is 0 Å². The van der Waals surface area contributed by atoms with E-state index in [4.69, 9.17) is 11.6 Å². The average Bonchev–Trinajstić information content (AvgIpc) is 2.79. The van der Waals surface area contributed by atoms with Crippen LogP contribution in [0.15, 0.2) is 77.7 Å². The van der Waals surface area contributed by atoms with Crippen molar-refractivity contribution in [2.75, 3.05) is 23.3 Å². The number of ether oxygens (including phenoxy) is 1. The van der Waals surface area contributed by atoms with Crippen molar-refractivity contribution in [1.82, 2.24) is 0 Å². The molecule has 3 rings (SSSR count). The van der Waals surface area contributed by atoms with Crippen LogP contribution < -0.4 is 9.62 Å². The number of hydrogen-bond donors (Lipinski definition) is 1. The molecule has 0 bridgehead atoms. The highest BCUT2D eigenvalue weighted by Gasteiger charge is 2.29. The number of anilines is 2. The number of sulfonamides is 1. The van der Waals surface area contributed by atoms with Gasteiger partial charge in [0, 0.05) is 5.69 Å². The Morgan fingerprint density at radius 3 is 2.34 bits per heavy atom. The van der Waals surface area contributed by atoms with Crippen LogP contribution in [0, 0.1) is 5.82 Å². The molecule has 0 aliphatic carbocycles. The van der Waals surface area contributed by atoms with Gasteiger partial charge in [-0.3, -0.25) is 9.10 Å². The van der Waals surface area contributed by atoms with Gasteiger partial charge in [-0.1, -0.05) is 41.9 Å². The van der Waals surface area contributed by atoms with Crippen LogP contribution in [0.2, 0.25) is 5.02 Å². The summed E-state index contributed by atoms with van der Waals surface area (Å²) in [6.07, 6.45) is 0. The monoisotopic (exact) mass is 476 g/mol. The van der Waals surface area contributed by atoms with Gasteiger partial charge in [-0.05, 0) is 42.5 Å². The topological polar surface area (TPSA) is 92.8 Å². The fourth-order valence-electron chi connectivity index (χ4n) is 2.87. The quantitative estimate of drug-likeness (QED) is 0.518. The smallest absolute Gasteiger partial charge is 0.339 e. The van der Waals surface area contributed by atoms with E-state index < -0.39 is 34.3 Å². The van der Waals surface area contributed by atoms with Gasteiger partial charge < -0.3 is 10.1 Å². The molecule has 0 saturated carbocycles. The third-order valence-electron chi connectivity index (χ3n) is 4.39. The lowest BCUT2D eigenvalue weighted by atomic mass is 10.2. The molecule has 0 aliphatic rings. The van der Waals surface area contributed by atoms with E-state index in [1.807, 2.05) is 0 Å². The maximum absolute atomic E-state index is 14.5. The Morgan fingerprint density at radius 1 is 1.03 bits per heavy atom. The Bertz CT molecular complexity index is 1250. The lowest BCUT2D eigenvalue weighted by Crippen LogP contribution is -2.38. The zero-order valence-electron chi connectivity index (χ0n) is 16.8. The number of amides is 1. The number of benzene rings is 3. The number of carbonyl (C=O) groups excluding carboxylic acids is 2. The molecule has 0 heterocycles. The van der Waals surface area contributed by atoms with E-state index in [9.17, 15) is 22.4 Å². The molecule has 7 nitrogen and oxygen atoms in total. The minimum Gasteiger partial charge on any atom is -0.465 e. The van der Waals surface area contributed by atoms with E-state index in [1.165, 1.54) is 67.8 Å². The van der Waals surface area contributed by atoms with Crippen molar-refractivity contribution >= 4 is 44.9 Å². The largest absolute Gasteiger partial charge is 0.465 e. The highest BCUT2D eigenvalue weighted by Crippen LogP contribution is 2.27. The summed E-state index contributed by atoms with van der Waals surface area (Å²) in [5, 5.41) is 2.62. The van der Waals surface area contributed by atoms with Crippen molar-refractivity contribution in [3.8, 4) is 0 Å². The van der Waals surface area contributed by atoms with E-state index >= 15 is 0 Å². The molecule has 166 valence electrons. The molecule has 0 unspecified atom stereocenters. The number of halogens is 2. The van der Waals surface area contributed by atoms with Gasteiger partial charge in [-0.2, -0.15) is 0 Å². The lowest BCUT2D eigenvalue weighted by Gasteiger charge is -2.24. The molecular formula is C22H18ClFN2O5S. The molecule has 10 heteroatoms. The van der Waals surface area contributed by atoms with Gasteiger partial charge in [-0.15, -0.1) is 0 Å². The van der Waals surface area contributed by atoms with E-state index in [0.29, 0.717) is 4.31 Å². The zero-order valence-corrected chi connectivity index (χ0v) is 18.4. The molecule has 0 spiro atoms. The summed E-state index contributed by atoms with van der Waals surface area (Å²) < 4.78 is 46.2. The van der Waals surface area contributed by atoms with Crippen LogP contribution in [-0.4, -0.2) is 33.9 Å². The van der Waals surface area contributed by atoms with Gasteiger partial charge in [0.2, 0.25) is 5.91 Å². The molecule has 0 atom stereocenters. The van der Waals surface area contributed by atoms with Crippen LogP contribution in [0.4, 0.5) is 15.8 Å². The highest BCUT2D eigenvalue weighted by atomic mass is 35.5. The maximum atomic E-state index is 14.5. The molecule has 0 aliphatic heterocycles. The van der Waals surface area contributed by atoms with Gasteiger partial charge in [0.05, 0.1) is 28.3 Å². The molecule has 0 fully saturated rings. The van der Waals surface area contributed by atoms with Crippen molar-refractivity contribution in [1.29, 1.82) is 0 Å². The normalized spacial score (nSPS) is 11.0. The fourth-order valence-corrected chi connectivity index (χ4v) is 4.52. The second kappa shape index (κ2) is 9.80. The lowest BCUT2D eigenvalue weighted by molar-refractivity contribution is -0.114. The van der Waals surface area contributed by atoms with Crippen LogP contribution >= 0.6 is 11.6 Å². The SMILES string of the molecule is COC(=O)c1cc(NC(=O)CN(c2ccccc2F)S(=O)(=O)c2ccccc2)ccc1Cl. The van der Waals surface area contributed by atoms with Crippen LogP contribution in [0.25, 0.3) is 0 Å². The highest BCUT2D eigenvalue weighted by molar-refractivity contribution is 7.92. The Kier molecular flexibility index (Phi) is 7.12. The van der Waals surface area contributed by atoms with Crippen LogP contribution in [-0.2, 0) is 19.6 Å². The number of nitrogens with one attached hydrogen (secondary N) is 1. The Balaban J connectivity index is 1.93. The number of rotatable bonds is 7. The summed E-state index contributed by atoms with van der Waals surface area (Å²) in [5.74, 6) is -2.27. The molecule has 1 N–H and O–H groups in total. The number of esters is 1. The minimum atomic E-state index is -4.26. The Hall–Kier alpha value is -3.43. The molecule has 0 aromatic heterocycles. The van der Waals surface area contributed by atoms with E-state index in [2.05, 4.69) is 10.1 Å². The molecule has 32 heavy (non-hydrogen) atoms. The molecular weight excluding hydrogens is 459 g/mol. The number of hydrogen-bond acceptors (Lipinski definition) is 5. The number of carbonyl (C=O) groups is 2. The second-order valence-electron chi connectivity index (χ2n) is 6.51. The molecule has 3 aromatic rings. The average molecular weight is 477 g/mol. The molecule has 3 aromatic carbocycles. The fraction of sp³-hybridized carbons (Fsp3) is 0.0909. The van der Waals surface area contributed by atoms with Crippen molar-refractivity contribution in [3.05, 3.63) is 89.2 Å². The van der Waals surface area contributed by atoms with Crippen LogP contribution in [0.1, 0.15) is 10.4 Å². The number of methoxy groups -OCH3 is 1. The summed E-state index contributed by atoms with van der Waals surface area (Å²) in [7, 11) is -3.07. The van der Waals surface area contributed by atoms with Crippen molar-refractivity contribution in [3.63, 3.8) is 0 Å². The van der Waals surface area contributed by atoms with E-state index in [1.54, 1.807) is 6.07 Å². The minimum absolute atomic E-state index is 0.0230. The number of nitrogens with zero attached hydrogens (tertiary/aromatic N) is 1. The van der Waals surface area contributed by atoms with E-state index in [0.717, 1.165) is 6.07 Å².